The number of hydrogen-bond acceptors (Lipinski definition) is 5. The molecular formula is C19H16ClN3O4S. The van der Waals surface area contributed by atoms with E-state index >= 15 is 0 Å². The van der Waals surface area contributed by atoms with Gasteiger partial charge in [0.15, 0.2) is 6.61 Å². The predicted molar refractivity (Wildman–Crippen MR) is 107 cm³/mol. The Morgan fingerprint density at radius 1 is 1.00 bits per heavy atom. The molecule has 1 amide bonds. The quantitative estimate of drug-likeness (QED) is 0.612. The third-order valence-corrected chi connectivity index (χ3v) is 5.19. The van der Waals surface area contributed by atoms with Crippen molar-refractivity contribution in [3.8, 4) is 5.75 Å². The highest BCUT2D eigenvalue weighted by Crippen LogP contribution is 2.22. The Morgan fingerprint density at radius 2 is 1.71 bits per heavy atom. The van der Waals surface area contributed by atoms with Crippen molar-refractivity contribution in [1.82, 2.24) is 4.98 Å². The monoisotopic (exact) mass is 417 g/mol. The van der Waals surface area contributed by atoms with E-state index < -0.39 is 10.0 Å². The highest BCUT2D eigenvalue weighted by molar-refractivity contribution is 7.92. The number of nitrogens with one attached hydrogen (secondary N) is 2. The standard InChI is InChI=1S/C19H16ClN3O4S/c20-14-4-6-18(7-5-14)28(25,26)23-16-2-1-3-17(12-16)27-13-19(24)22-15-8-10-21-11-9-15/h1-12,23H,13H2,(H,21,22,24). The van der Waals surface area contributed by atoms with Crippen molar-refractivity contribution in [2.45, 2.75) is 4.90 Å². The van der Waals surface area contributed by atoms with E-state index in [-0.39, 0.29) is 17.4 Å². The Bertz CT molecular complexity index is 1060. The number of nitrogens with zero attached hydrogens (tertiary/aromatic N) is 1. The molecular weight excluding hydrogens is 402 g/mol. The normalized spacial score (nSPS) is 10.9. The lowest BCUT2D eigenvalue weighted by Gasteiger charge is -2.11. The molecule has 0 spiro atoms. The molecule has 144 valence electrons. The fraction of sp³-hybridized carbons (Fsp3) is 0.0526. The van der Waals surface area contributed by atoms with Crippen LogP contribution in [0.1, 0.15) is 0 Å². The molecule has 3 rings (SSSR count). The molecule has 0 saturated carbocycles. The molecule has 3 aromatic rings. The van der Waals surface area contributed by atoms with Crippen LogP contribution in [0.3, 0.4) is 0 Å². The van der Waals surface area contributed by atoms with Crippen LogP contribution in [0, 0.1) is 0 Å². The van der Waals surface area contributed by atoms with Crippen LogP contribution in [-0.2, 0) is 14.8 Å². The Hall–Kier alpha value is -3.10. The lowest BCUT2D eigenvalue weighted by atomic mass is 10.3. The first-order valence-electron chi connectivity index (χ1n) is 8.13. The maximum Gasteiger partial charge on any atom is 0.262 e. The third-order valence-electron chi connectivity index (χ3n) is 3.54. The summed E-state index contributed by atoms with van der Waals surface area (Å²) in [5, 5.41) is 3.11. The van der Waals surface area contributed by atoms with E-state index in [2.05, 4.69) is 15.0 Å². The van der Waals surface area contributed by atoms with Gasteiger partial charge in [0.1, 0.15) is 5.75 Å². The molecule has 0 aliphatic rings. The first-order chi connectivity index (χ1) is 13.4. The number of aromatic nitrogens is 1. The first kappa shape index (κ1) is 19.7. The molecule has 0 fully saturated rings. The molecule has 28 heavy (non-hydrogen) atoms. The second-order valence-electron chi connectivity index (χ2n) is 5.66. The van der Waals surface area contributed by atoms with Crippen LogP contribution in [0.4, 0.5) is 11.4 Å². The van der Waals surface area contributed by atoms with Crippen molar-refractivity contribution in [1.29, 1.82) is 0 Å². The van der Waals surface area contributed by atoms with Crippen LogP contribution in [0.5, 0.6) is 5.75 Å². The average molecular weight is 418 g/mol. The molecule has 0 unspecified atom stereocenters. The minimum Gasteiger partial charge on any atom is -0.484 e. The highest BCUT2D eigenvalue weighted by Gasteiger charge is 2.14. The van der Waals surface area contributed by atoms with Crippen LogP contribution in [0.2, 0.25) is 5.02 Å². The van der Waals surface area contributed by atoms with Gasteiger partial charge in [-0.15, -0.1) is 0 Å². The summed E-state index contributed by atoms with van der Waals surface area (Å²) < 4.78 is 32.8. The maximum atomic E-state index is 12.4. The molecule has 9 heteroatoms. The topological polar surface area (TPSA) is 97.4 Å². The lowest BCUT2D eigenvalue weighted by Crippen LogP contribution is -2.20. The van der Waals surface area contributed by atoms with Crippen LogP contribution >= 0.6 is 11.6 Å². The van der Waals surface area contributed by atoms with E-state index in [0.29, 0.717) is 22.1 Å². The smallest absolute Gasteiger partial charge is 0.262 e. The summed E-state index contributed by atoms with van der Waals surface area (Å²) in [5.74, 6) is -0.000433. The van der Waals surface area contributed by atoms with E-state index in [9.17, 15) is 13.2 Å². The van der Waals surface area contributed by atoms with E-state index in [0.717, 1.165) is 0 Å². The summed E-state index contributed by atoms with van der Waals surface area (Å²) in [5.41, 5.74) is 0.912. The van der Waals surface area contributed by atoms with Gasteiger partial charge in [-0.3, -0.25) is 14.5 Å². The Kier molecular flexibility index (Phi) is 6.13. The minimum absolute atomic E-state index is 0.0833. The van der Waals surface area contributed by atoms with E-state index in [1.807, 2.05) is 0 Å². The summed E-state index contributed by atoms with van der Waals surface area (Å²) in [6.45, 7) is -0.226. The molecule has 0 saturated heterocycles. The molecule has 0 aliphatic carbocycles. The second kappa shape index (κ2) is 8.73. The number of ether oxygens (including phenoxy) is 1. The predicted octanol–water partition coefficient (Wildman–Crippen LogP) is 3.55. The van der Waals surface area contributed by atoms with Gasteiger partial charge >= 0.3 is 0 Å². The number of pyridine rings is 1. The Balaban J connectivity index is 1.62. The SMILES string of the molecule is O=C(COc1cccc(NS(=O)(=O)c2ccc(Cl)cc2)c1)Nc1ccncc1. The summed E-state index contributed by atoms with van der Waals surface area (Å²) in [7, 11) is -3.77. The van der Waals surface area contributed by atoms with Crippen molar-refractivity contribution >= 4 is 38.9 Å². The van der Waals surface area contributed by atoms with Crippen LogP contribution in [0.15, 0.2) is 78.0 Å². The van der Waals surface area contributed by atoms with E-state index in [4.69, 9.17) is 16.3 Å². The van der Waals surface area contributed by atoms with Gasteiger partial charge < -0.3 is 10.1 Å². The summed E-state index contributed by atoms with van der Waals surface area (Å²) in [6.07, 6.45) is 3.12. The Labute approximate surface area is 167 Å². The molecule has 0 bridgehead atoms. The maximum absolute atomic E-state index is 12.4. The third kappa shape index (κ3) is 5.45. The largest absolute Gasteiger partial charge is 0.484 e. The second-order valence-corrected chi connectivity index (χ2v) is 7.78. The summed E-state index contributed by atoms with van der Waals surface area (Å²) in [6, 6.07) is 15.4. The van der Waals surface area contributed by atoms with E-state index in [1.54, 1.807) is 42.7 Å². The molecule has 0 radical (unpaired) electrons. The fourth-order valence-electron chi connectivity index (χ4n) is 2.26. The zero-order valence-electron chi connectivity index (χ0n) is 14.5. The fourth-order valence-corrected chi connectivity index (χ4v) is 3.43. The van der Waals surface area contributed by atoms with Gasteiger partial charge in [-0.2, -0.15) is 0 Å². The molecule has 2 aromatic carbocycles. The van der Waals surface area contributed by atoms with Gasteiger partial charge in [0, 0.05) is 29.2 Å². The van der Waals surface area contributed by atoms with Gasteiger partial charge in [-0.25, -0.2) is 8.42 Å². The number of hydrogen-bond donors (Lipinski definition) is 2. The number of rotatable bonds is 7. The minimum atomic E-state index is -3.77. The van der Waals surface area contributed by atoms with Gasteiger partial charge in [0.25, 0.3) is 15.9 Å². The van der Waals surface area contributed by atoms with Gasteiger partial charge in [0.05, 0.1) is 10.6 Å². The summed E-state index contributed by atoms with van der Waals surface area (Å²) >= 11 is 5.79. The first-order valence-corrected chi connectivity index (χ1v) is 10.00. The van der Waals surface area contributed by atoms with Crippen LogP contribution in [-0.4, -0.2) is 25.9 Å². The molecule has 7 nitrogen and oxygen atoms in total. The molecule has 1 aromatic heterocycles. The van der Waals surface area contributed by atoms with Gasteiger partial charge in [-0.1, -0.05) is 17.7 Å². The zero-order valence-corrected chi connectivity index (χ0v) is 16.1. The highest BCUT2D eigenvalue weighted by atomic mass is 35.5. The number of halogens is 1. The summed E-state index contributed by atoms with van der Waals surface area (Å²) in [4.78, 5) is 15.9. The zero-order chi connectivity index (χ0) is 20.0. The molecule has 0 aliphatic heterocycles. The number of benzene rings is 2. The van der Waals surface area contributed by atoms with Crippen molar-refractivity contribution in [2.75, 3.05) is 16.6 Å². The van der Waals surface area contributed by atoms with Crippen molar-refractivity contribution < 1.29 is 17.9 Å². The number of anilines is 2. The number of sulfonamides is 1. The van der Waals surface area contributed by atoms with Crippen LogP contribution in [0.25, 0.3) is 0 Å². The van der Waals surface area contributed by atoms with Crippen molar-refractivity contribution in [3.63, 3.8) is 0 Å². The number of carbonyl (C=O) groups excluding carboxylic acids is 1. The number of carbonyl (C=O) groups is 1. The number of amides is 1. The van der Waals surface area contributed by atoms with Crippen molar-refractivity contribution in [2.24, 2.45) is 0 Å². The molecule has 1 heterocycles. The van der Waals surface area contributed by atoms with Gasteiger partial charge in [-0.05, 0) is 48.5 Å². The van der Waals surface area contributed by atoms with Gasteiger partial charge in [0.2, 0.25) is 0 Å². The lowest BCUT2D eigenvalue weighted by molar-refractivity contribution is -0.118. The van der Waals surface area contributed by atoms with Crippen LogP contribution < -0.4 is 14.8 Å². The Morgan fingerprint density at radius 3 is 2.43 bits per heavy atom. The average Bonchev–Trinajstić information content (AvgIpc) is 2.67. The van der Waals surface area contributed by atoms with E-state index in [1.165, 1.54) is 30.3 Å². The van der Waals surface area contributed by atoms with Crippen molar-refractivity contribution in [3.05, 3.63) is 78.1 Å². The molecule has 2 N–H and O–H groups in total. The molecule has 0 atom stereocenters.